The van der Waals surface area contributed by atoms with Gasteiger partial charge in [0.2, 0.25) is 0 Å². The largest absolute Gasteiger partial charge is 0.491 e. The van der Waals surface area contributed by atoms with Crippen LogP contribution in [0.25, 0.3) is 0 Å². The Balaban J connectivity index is 2.32. The molecule has 0 aliphatic carbocycles. The van der Waals surface area contributed by atoms with Gasteiger partial charge >= 0.3 is 18.1 Å². The van der Waals surface area contributed by atoms with Crippen LogP contribution >= 0.6 is 0 Å². The fourth-order valence-electron chi connectivity index (χ4n) is 1.00. The van der Waals surface area contributed by atoms with Crippen LogP contribution in [0.5, 0.6) is 0 Å². The lowest BCUT2D eigenvalue weighted by Gasteiger charge is -2.33. The Labute approximate surface area is 89.1 Å². The van der Waals surface area contributed by atoms with Gasteiger partial charge in [-0.05, 0) is 7.05 Å². The van der Waals surface area contributed by atoms with Crippen LogP contribution in [-0.4, -0.2) is 55.9 Å². The third kappa shape index (κ3) is 3.46. The fraction of sp³-hybridized carbons (Fsp3) is 0.750. The molecule has 16 heavy (non-hydrogen) atoms. The van der Waals surface area contributed by atoms with Crippen LogP contribution in [0.1, 0.15) is 0 Å². The molecule has 1 rings (SSSR count). The second kappa shape index (κ2) is 4.79. The lowest BCUT2D eigenvalue weighted by atomic mass is 10.2. The zero-order valence-corrected chi connectivity index (χ0v) is 8.41. The first-order valence-corrected chi connectivity index (χ1v) is 4.40. The van der Waals surface area contributed by atoms with Crippen LogP contribution in [0, 0.1) is 0 Å². The van der Waals surface area contributed by atoms with Crippen molar-refractivity contribution < 1.29 is 32.2 Å². The van der Waals surface area contributed by atoms with Gasteiger partial charge in [0, 0.05) is 0 Å². The number of carbonyl (C=O) groups is 2. The summed E-state index contributed by atoms with van der Waals surface area (Å²) in [6, 6.07) is -0.0199. The van der Waals surface area contributed by atoms with Gasteiger partial charge in [-0.1, -0.05) is 0 Å². The highest BCUT2D eigenvalue weighted by Gasteiger charge is 2.42. The summed E-state index contributed by atoms with van der Waals surface area (Å²) in [5.41, 5.74) is 0. The second-order valence-electron chi connectivity index (χ2n) is 3.37. The van der Waals surface area contributed by atoms with E-state index in [0.29, 0.717) is 13.2 Å². The number of hydrogen-bond acceptors (Lipinski definition) is 5. The Hall–Kier alpha value is -1.15. The van der Waals surface area contributed by atoms with Gasteiger partial charge in [-0.2, -0.15) is 13.2 Å². The number of hydrogen-bond donors (Lipinski definition) is 0. The van der Waals surface area contributed by atoms with E-state index in [-0.39, 0.29) is 12.6 Å². The number of esters is 2. The molecule has 0 spiro atoms. The predicted molar refractivity (Wildman–Crippen MR) is 44.4 cm³/mol. The molecule has 1 aliphatic heterocycles. The Morgan fingerprint density at radius 2 is 2.00 bits per heavy atom. The van der Waals surface area contributed by atoms with Gasteiger partial charge in [-0.3, -0.25) is 9.69 Å². The Morgan fingerprint density at radius 1 is 1.44 bits per heavy atom. The van der Waals surface area contributed by atoms with Crippen molar-refractivity contribution in [2.45, 2.75) is 12.2 Å². The lowest BCUT2D eigenvalue weighted by Crippen LogP contribution is -2.49. The van der Waals surface area contributed by atoms with Crippen LogP contribution in [0.2, 0.25) is 0 Å². The summed E-state index contributed by atoms with van der Waals surface area (Å²) in [7, 11) is 1.53. The molecule has 0 saturated carbocycles. The minimum absolute atomic E-state index is 0.0199. The smallest absolute Gasteiger partial charge is 0.385 e. The maximum atomic E-state index is 11.7. The SMILES string of the molecule is CN(CC(=O)OC(=O)C(F)(F)F)C1COC1. The van der Waals surface area contributed by atoms with E-state index < -0.39 is 18.1 Å². The average Bonchev–Trinajstić information content (AvgIpc) is 1.97. The Kier molecular flexibility index (Phi) is 3.87. The molecule has 0 atom stereocenters. The highest BCUT2D eigenvalue weighted by atomic mass is 19.4. The molecular weight excluding hydrogens is 231 g/mol. The Morgan fingerprint density at radius 3 is 2.38 bits per heavy atom. The van der Waals surface area contributed by atoms with E-state index in [4.69, 9.17) is 4.74 Å². The van der Waals surface area contributed by atoms with Crippen LogP contribution in [0.15, 0.2) is 0 Å². The van der Waals surface area contributed by atoms with Crippen LogP contribution in [-0.2, 0) is 19.1 Å². The minimum atomic E-state index is -5.15. The van der Waals surface area contributed by atoms with Crippen molar-refractivity contribution in [2.75, 3.05) is 26.8 Å². The lowest BCUT2D eigenvalue weighted by molar-refractivity contribution is -0.202. The molecule has 0 unspecified atom stereocenters. The van der Waals surface area contributed by atoms with E-state index in [2.05, 4.69) is 4.74 Å². The maximum Gasteiger partial charge on any atom is 0.491 e. The summed E-state index contributed by atoms with van der Waals surface area (Å²) in [5.74, 6) is -3.72. The van der Waals surface area contributed by atoms with Crippen LogP contribution < -0.4 is 0 Å². The van der Waals surface area contributed by atoms with Crippen molar-refractivity contribution in [3.05, 3.63) is 0 Å². The van der Waals surface area contributed by atoms with E-state index in [0.717, 1.165) is 0 Å². The van der Waals surface area contributed by atoms with Gasteiger partial charge in [-0.25, -0.2) is 4.79 Å². The van der Waals surface area contributed by atoms with E-state index in [9.17, 15) is 22.8 Å². The maximum absolute atomic E-state index is 11.7. The number of alkyl halides is 3. The van der Waals surface area contributed by atoms with Crippen molar-refractivity contribution >= 4 is 11.9 Å². The molecule has 0 radical (unpaired) electrons. The summed E-state index contributed by atoms with van der Waals surface area (Å²) >= 11 is 0. The average molecular weight is 241 g/mol. The second-order valence-corrected chi connectivity index (χ2v) is 3.37. The highest BCUT2D eigenvalue weighted by Crippen LogP contribution is 2.16. The molecule has 0 amide bonds. The van der Waals surface area contributed by atoms with Gasteiger partial charge in [0.15, 0.2) is 0 Å². The fourth-order valence-corrected chi connectivity index (χ4v) is 1.00. The zero-order chi connectivity index (χ0) is 12.3. The molecule has 1 heterocycles. The number of halogens is 3. The monoisotopic (exact) mass is 241 g/mol. The molecule has 0 aromatic heterocycles. The number of carbonyl (C=O) groups excluding carboxylic acids is 2. The first kappa shape index (κ1) is 12.9. The molecule has 0 aromatic rings. The Bertz CT molecular complexity index is 287. The quantitative estimate of drug-likeness (QED) is 0.512. The minimum Gasteiger partial charge on any atom is -0.385 e. The van der Waals surface area contributed by atoms with Crippen molar-refractivity contribution in [1.29, 1.82) is 0 Å². The van der Waals surface area contributed by atoms with Gasteiger partial charge in [-0.15, -0.1) is 0 Å². The van der Waals surface area contributed by atoms with Gasteiger partial charge < -0.3 is 9.47 Å². The number of rotatable bonds is 3. The van der Waals surface area contributed by atoms with Crippen molar-refractivity contribution in [3.63, 3.8) is 0 Å². The summed E-state index contributed by atoms with van der Waals surface area (Å²) in [6.07, 6.45) is -5.15. The first-order valence-electron chi connectivity index (χ1n) is 4.40. The number of likely N-dealkylation sites (N-methyl/N-ethyl adjacent to an activating group) is 1. The molecule has 1 saturated heterocycles. The van der Waals surface area contributed by atoms with E-state index >= 15 is 0 Å². The molecule has 8 heteroatoms. The van der Waals surface area contributed by atoms with Gasteiger partial charge in [0.25, 0.3) is 0 Å². The topological polar surface area (TPSA) is 55.8 Å². The molecular formula is C8H10F3NO4. The third-order valence-corrected chi connectivity index (χ3v) is 2.06. The van der Waals surface area contributed by atoms with Gasteiger partial charge in [0.05, 0.1) is 25.8 Å². The van der Waals surface area contributed by atoms with Crippen LogP contribution in [0.4, 0.5) is 13.2 Å². The molecule has 92 valence electrons. The summed E-state index contributed by atoms with van der Waals surface area (Å²) in [4.78, 5) is 22.7. The van der Waals surface area contributed by atoms with Crippen LogP contribution in [0.3, 0.4) is 0 Å². The summed E-state index contributed by atoms with van der Waals surface area (Å²) in [6.45, 7) is 0.448. The van der Waals surface area contributed by atoms with Crippen molar-refractivity contribution in [3.8, 4) is 0 Å². The molecule has 0 bridgehead atoms. The number of nitrogens with zero attached hydrogens (tertiary/aromatic N) is 1. The molecule has 1 aliphatic rings. The van der Waals surface area contributed by atoms with E-state index in [1.54, 1.807) is 0 Å². The van der Waals surface area contributed by atoms with Crippen molar-refractivity contribution in [2.24, 2.45) is 0 Å². The summed E-state index contributed by atoms with van der Waals surface area (Å²) in [5, 5.41) is 0. The zero-order valence-electron chi connectivity index (χ0n) is 8.41. The first-order chi connectivity index (χ1) is 7.30. The number of ether oxygens (including phenoxy) is 2. The summed E-state index contributed by atoms with van der Waals surface area (Å²) < 4.78 is 43.6. The molecule has 5 nitrogen and oxygen atoms in total. The normalized spacial score (nSPS) is 17.1. The molecule has 0 N–H and O–H groups in total. The highest BCUT2D eigenvalue weighted by molar-refractivity contribution is 5.89. The van der Waals surface area contributed by atoms with E-state index in [1.165, 1.54) is 11.9 Å². The third-order valence-electron chi connectivity index (χ3n) is 2.06. The standard InChI is InChI=1S/C8H10F3NO4/c1-12(5-3-15-4-5)2-6(13)16-7(14)8(9,10)11/h5H,2-4H2,1H3. The van der Waals surface area contributed by atoms with E-state index in [1.807, 2.05) is 0 Å². The molecule has 0 aromatic carbocycles. The predicted octanol–water partition coefficient (Wildman–Crippen LogP) is -0.0509. The molecule has 1 fully saturated rings. The van der Waals surface area contributed by atoms with Crippen molar-refractivity contribution in [1.82, 2.24) is 4.90 Å². The van der Waals surface area contributed by atoms with Gasteiger partial charge in [0.1, 0.15) is 0 Å².